The van der Waals surface area contributed by atoms with Gasteiger partial charge in [-0.15, -0.1) is 0 Å². The van der Waals surface area contributed by atoms with Crippen molar-refractivity contribution in [2.75, 3.05) is 6.61 Å². The summed E-state index contributed by atoms with van der Waals surface area (Å²) in [5, 5.41) is 1.08. The summed E-state index contributed by atoms with van der Waals surface area (Å²) in [6, 6.07) is 3.43. The smallest absolute Gasteiger partial charge is 0.129 e. The van der Waals surface area contributed by atoms with Crippen molar-refractivity contribution in [2.24, 2.45) is 5.92 Å². The molecule has 1 fully saturated rings. The van der Waals surface area contributed by atoms with E-state index in [4.69, 9.17) is 27.9 Å². The third kappa shape index (κ3) is 3.34. The van der Waals surface area contributed by atoms with Crippen molar-refractivity contribution in [3.8, 4) is 0 Å². The molecule has 0 saturated heterocycles. The van der Waals surface area contributed by atoms with Crippen molar-refractivity contribution in [3.63, 3.8) is 0 Å². The zero-order valence-corrected chi connectivity index (χ0v) is 10.6. The summed E-state index contributed by atoms with van der Waals surface area (Å²) in [5.41, 5.74) is 0.725. The highest BCUT2D eigenvalue weighted by Gasteiger charge is 2.16. The minimum Gasteiger partial charge on any atom is -0.375 e. The van der Waals surface area contributed by atoms with Crippen molar-refractivity contribution in [1.82, 2.24) is 4.98 Å². The van der Waals surface area contributed by atoms with Gasteiger partial charge in [-0.05, 0) is 24.5 Å². The van der Waals surface area contributed by atoms with E-state index in [1.807, 2.05) is 0 Å². The number of nitrogens with zero attached hydrogens (tertiary/aromatic N) is 1. The topological polar surface area (TPSA) is 22.1 Å². The Kier molecular flexibility index (Phi) is 4.45. The third-order valence-electron chi connectivity index (χ3n) is 3.02. The maximum absolute atomic E-state index is 5.98. The average Bonchev–Trinajstić information content (AvgIpc) is 2.20. The van der Waals surface area contributed by atoms with Gasteiger partial charge in [0.1, 0.15) is 5.15 Å². The van der Waals surface area contributed by atoms with Crippen LogP contribution in [0.3, 0.4) is 0 Å². The van der Waals surface area contributed by atoms with Crippen molar-refractivity contribution in [1.29, 1.82) is 0 Å². The first-order valence-corrected chi connectivity index (χ1v) is 6.40. The second-order valence-electron chi connectivity index (χ2n) is 4.20. The van der Waals surface area contributed by atoms with Crippen molar-refractivity contribution < 1.29 is 4.74 Å². The minimum atomic E-state index is 0.451. The van der Waals surface area contributed by atoms with Gasteiger partial charge >= 0.3 is 0 Å². The summed E-state index contributed by atoms with van der Waals surface area (Å²) >= 11 is 11.8. The van der Waals surface area contributed by atoms with Gasteiger partial charge in [-0.1, -0.05) is 42.5 Å². The monoisotopic (exact) mass is 259 g/mol. The molecule has 0 spiro atoms. The van der Waals surface area contributed by atoms with Gasteiger partial charge in [0.2, 0.25) is 0 Å². The fourth-order valence-electron chi connectivity index (χ4n) is 1.76. The van der Waals surface area contributed by atoms with Crippen LogP contribution in [0.2, 0.25) is 10.2 Å². The highest BCUT2D eigenvalue weighted by Crippen LogP contribution is 2.29. The first-order chi connectivity index (χ1) is 7.75. The summed E-state index contributed by atoms with van der Waals surface area (Å²) < 4.78 is 5.56. The molecule has 2 rings (SSSR count). The molecule has 0 N–H and O–H groups in total. The van der Waals surface area contributed by atoms with E-state index in [2.05, 4.69) is 4.98 Å². The van der Waals surface area contributed by atoms with E-state index in [0.29, 0.717) is 16.8 Å². The molecular formula is C12H15Cl2NO. The summed E-state index contributed by atoms with van der Waals surface area (Å²) in [5.74, 6) is 0.878. The summed E-state index contributed by atoms with van der Waals surface area (Å²) in [6.45, 7) is 1.24. The molecule has 1 aromatic heterocycles. The fraction of sp³-hybridized carbons (Fsp3) is 0.583. The van der Waals surface area contributed by atoms with Gasteiger partial charge in [-0.2, -0.15) is 0 Å². The van der Waals surface area contributed by atoms with Crippen molar-refractivity contribution in [3.05, 3.63) is 28.0 Å². The first kappa shape index (κ1) is 12.2. The number of ether oxygens (including phenoxy) is 1. The number of pyridine rings is 1. The lowest BCUT2D eigenvalue weighted by atomic mass is 9.83. The Morgan fingerprint density at radius 2 is 2.12 bits per heavy atom. The maximum Gasteiger partial charge on any atom is 0.129 e. The number of aromatic nitrogens is 1. The molecule has 0 amide bonds. The maximum atomic E-state index is 5.98. The summed E-state index contributed by atoms with van der Waals surface area (Å²) in [7, 11) is 0. The van der Waals surface area contributed by atoms with E-state index >= 15 is 0 Å². The Bertz CT molecular complexity index is 353. The Hall–Kier alpha value is -0.310. The van der Waals surface area contributed by atoms with Crippen molar-refractivity contribution >= 4 is 23.2 Å². The van der Waals surface area contributed by atoms with E-state index in [9.17, 15) is 0 Å². The zero-order chi connectivity index (χ0) is 11.4. The van der Waals surface area contributed by atoms with Crippen LogP contribution in [0, 0.1) is 5.92 Å². The lowest BCUT2D eigenvalue weighted by Gasteiger charge is -2.24. The number of hydrogen-bond acceptors (Lipinski definition) is 2. The van der Waals surface area contributed by atoms with E-state index < -0.39 is 0 Å². The largest absolute Gasteiger partial charge is 0.375 e. The molecule has 16 heavy (non-hydrogen) atoms. The quantitative estimate of drug-likeness (QED) is 0.587. The van der Waals surface area contributed by atoms with E-state index in [0.717, 1.165) is 24.6 Å². The summed E-state index contributed by atoms with van der Waals surface area (Å²) in [4.78, 5) is 4.13. The predicted molar refractivity (Wildman–Crippen MR) is 65.9 cm³/mol. The molecular weight excluding hydrogens is 245 g/mol. The molecule has 4 heteroatoms. The highest BCUT2D eigenvalue weighted by molar-refractivity contribution is 6.32. The fourth-order valence-corrected chi connectivity index (χ4v) is 2.08. The molecule has 1 aliphatic rings. The number of rotatable bonds is 5. The van der Waals surface area contributed by atoms with Crippen LogP contribution in [0.15, 0.2) is 12.1 Å². The third-order valence-corrected chi connectivity index (χ3v) is 3.57. The molecule has 1 aromatic rings. The van der Waals surface area contributed by atoms with Crippen molar-refractivity contribution in [2.45, 2.75) is 32.3 Å². The molecule has 88 valence electrons. The molecule has 0 radical (unpaired) electrons. The van der Waals surface area contributed by atoms with Gasteiger partial charge in [0, 0.05) is 6.61 Å². The minimum absolute atomic E-state index is 0.451. The van der Waals surface area contributed by atoms with Crippen LogP contribution >= 0.6 is 23.2 Å². The lowest BCUT2D eigenvalue weighted by molar-refractivity contribution is 0.0930. The van der Waals surface area contributed by atoms with Crippen LogP contribution in [0.1, 0.15) is 31.4 Å². The van der Waals surface area contributed by atoms with Gasteiger partial charge in [-0.25, -0.2) is 4.98 Å². The van der Waals surface area contributed by atoms with Crippen LogP contribution in [-0.4, -0.2) is 11.6 Å². The molecule has 2 nitrogen and oxygen atoms in total. The molecule has 0 aromatic carbocycles. The van der Waals surface area contributed by atoms with Crippen LogP contribution in [0.5, 0.6) is 0 Å². The van der Waals surface area contributed by atoms with Crippen LogP contribution in [-0.2, 0) is 11.3 Å². The molecule has 0 atom stereocenters. The molecule has 0 aliphatic heterocycles. The van der Waals surface area contributed by atoms with Gasteiger partial charge < -0.3 is 4.74 Å². The second kappa shape index (κ2) is 5.85. The molecule has 1 heterocycles. The molecule has 1 aliphatic carbocycles. The van der Waals surface area contributed by atoms with E-state index in [1.165, 1.54) is 19.3 Å². The molecule has 1 saturated carbocycles. The average molecular weight is 260 g/mol. The Labute approximate surface area is 106 Å². The van der Waals surface area contributed by atoms with Gasteiger partial charge in [0.15, 0.2) is 0 Å². The lowest BCUT2D eigenvalue weighted by Crippen LogP contribution is -2.13. The Balaban J connectivity index is 1.73. The highest BCUT2D eigenvalue weighted by atomic mass is 35.5. The number of hydrogen-bond donors (Lipinski definition) is 0. The first-order valence-electron chi connectivity index (χ1n) is 5.64. The number of halogens is 2. The second-order valence-corrected chi connectivity index (χ2v) is 5.00. The Morgan fingerprint density at radius 3 is 2.81 bits per heavy atom. The van der Waals surface area contributed by atoms with Gasteiger partial charge in [0.25, 0.3) is 0 Å². The van der Waals surface area contributed by atoms with Crippen LogP contribution in [0.25, 0.3) is 0 Å². The normalized spacial score (nSPS) is 16.1. The molecule has 0 unspecified atom stereocenters. The van der Waals surface area contributed by atoms with E-state index in [1.54, 1.807) is 12.1 Å². The van der Waals surface area contributed by atoms with Gasteiger partial charge in [0.05, 0.1) is 17.3 Å². The van der Waals surface area contributed by atoms with Crippen LogP contribution < -0.4 is 0 Å². The molecule has 0 bridgehead atoms. The predicted octanol–water partition coefficient (Wildman–Crippen LogP) is 4.10. The van der Waals surface area contributed by atoms with Gasteiger partial charge in [-0.3, -0.25) is 0 Å². The summed E-state index contributed by atoms with van der Waals surface area (Å²) in [6.07, 6.45) is 5.25. The SMILES string of the molecule is Clc1ccc(Cl)c(COCCC2CCC2)n1. The van der Waals surface area contributed by atoms with Crippen LogP contribution in [0.4, 0.5) is 0 Å². The zero-order valence-electron chi connectivity index (χ0n) is 9.09. The standard InChI is InChI=1S/C12H15Cl2NO/c13-10-4-5-12(14)15-11(10)8-16-7-6-9-2-1-3-9/h4-5,9H,1-3,6-8H2. The Morgan fingerprint density at radius 1 is 1.31 bits per heavy atom. The van der Waals surface area contributed by atoms with E-state index in [-0.39, 0.29) is 0 Å².